The third kappa shape index (κ3) is 3.10. The van der Waals surface area contributed by atoms with E-state index >= 15 is 0 Å². The van der Waals surface area contributed by atoms with Crippen molar-refractivity contribution in [1.29, 1.82) is 0 Å². The molecule has 1 amide bonds. The molecule has 4 aliphatic rings. The predicted octanol–water partition coefficient (Wildman–Crippen LogP) is 2.49. The standard InChI is InChI=1S/C21H29N3O2S/c1-14-3-7-22-10-16(14)20(25)23-11-17-18-12-24(15-4-8-27-9-5-15)13-21(18)6-2-19(17)26-21/h3,7,10,15,17-19H,2,4-6,8-9,11-13H2,1H3,(H,23,25)/t17-,18+,19+,21+/m0/s1. The average Bonchev–Trinajstić information content (AvgIpc) is 3.36. The van der Waals surface area contributed by atoms with Crippen LogP contribution in [0, 0.1) is 18.8 Å². The van der Waals surface area contributed by atoms with Crippen LogP contribution < -0.4 is 5.32 Å². The number of likely N-dealkylation sites (tertiary alicyclic amines) is 1. The quantitative estimate of drug-likeness (QED) is 0.860. The Balaban J connectivity index is 1.26. The number of hydrogen-bond acceptors (Lipinski definition) is 5. The Morgan fingerprint density at radius 3 is 3.07 bits per heavy atom. The third-order valence-electron chi connectivity index (χ3n) is 7.30. The minimum Gasteiger partial charge on any atom is -0.370 e. The van der Waals surface area contributed by atoms with Crippen molar-refractivity contribution in [2.24, 2.45) is 11.8 Å². The van der Waals surface area contributed by atoms with Gasteiger partial charge in [-0.15, -0.1) is 0 Å². The molecule has 5 heterocycles. The van der Waals surface area contributed by atoms with E-state index in [-0.39, 0.29) is 11.5 Å². The number of thioether (sulfide) groups is 1. The van der Waals surface area contributed by atoms with Crippen molar-refractivity contribution in [3.05, 3.63) is 29.6 Å². The molecule has 4 aliphatic heterocycles. The third-order valence-corrected chi connectivity index (χ3v) is 8.35. The summed E-state index contributed by atoms with van der Waals surface area (Å²) in [6, 6.07) is 2.63. The number of nitrogens with zero attached hydrogens (tertiary/aromatic N) is 2. The molecule has 6 heteroatoms. The van der Waals surface area contributed by atoms with Crippen LogP contribution in [0.2, 0.25) is 0 Å². The van der Waals surface area contributed by atoms with Gasteiger partial charge in [-0.2, -0.15) is 11.8 Å². The monoisotopic (exact) mass is 387 g/mol. The van der Waals surface area contributed by atoms with Crippen molar-refractivity contribution >= 4 is 17.7 Å². The summed E-state index contributed by atoms with van der Waals surface area (Å²) in [5.74, 6) is 3.61. The van der Waals surface area contributed by atoms with E-state index in [1.807, 2.05) is 13.0 Å². The molecule has 5 rings (SSSR count). The Morgan fingerprint density at radius 1 is 1.41 bits per heavy atom. The van der Waals surface area contributed by atoms with E-state index < -0.39 is 0 Å². The van der Waals surface area contributed by atoms with Gasteiger partial charge < -0.3 is 10.1 Å². The van der Waals surface area contributed by atoms with Crippen LogP contribution in [0.5, 0.6) is 0 Å². The molecule has 1 spiro atoms. The summed E-state index contributed by atoms with van der Waals surface area (Å²) in [5.41, 5.74) is 1.73. The number of carbonyl (C=O) groups excluding carboxylic acids is 1. The van der Waals surface area contributed by atoms with Crippen LogP contribution in [0.4, 0.5) is 0 Å². The summed E-state index contributed by atoms with van der Waals surface area (Å²) < 4.78 is 6.57. The van der Waals surface area contributed by atoms with Crippen LogP contribution in [-0.2, 0) is 4.74 Å². The zero-order valence-corrected chi connectivity index (χ0v) is 16.8. The Bertz CT molecular complexity index is 723. The largest absolute Gasteiger partial charge is 0.370 e. The maximum Gasteiger partial charge on any atom is 0.253 e. The van der Waals surface area contributed by atoms with Gasteiger partial charge in [0.05, 0.1) is 17.3 Å². The first-order chi connectivity index (χ1) is 13.2. The van der Waals surface area contributed by atoms with E-state index in [1.54, 1.807) is 12.4 Å². The van der Waals surface area contributed by atoms with Gasteiger partial charge >= 0.3 is 0 Å². The van der Waals surface area contributed by atoms with Gasteiger partial charge in [-0.1, -0.05) is 0 Å². The predicted molar refractivity (Wildman–Crippen MR) is 107 cm³/mol. The lowest BCUT2D eigenvalue weighted by molar-refractivity contribution is -0.00150. The Labute approximate surface area is 165 Å². The number of aryl methyl sites for hydroxylation is 1. The minimum absolute atomic E-state index is 0.00316. The van der Waals surface area contributed by atoms with Crippen LogP contribution in [0.3, 0.4) is 0 Å². The second-order valence-electron chi connectivity index (χ2n) is 8.70. The highest BCUT2D eigenvalue weighted by molar-refractivity contribution is 7.99. The van der Waals surface area contributed by atoms with Crippen molar-refractivity contribution in [3.63, 3.8) is 0 Å². The van der Waals surface area contributed by atoms with Gasteiger partial charge in [-0.3, -0.25) is 14.7 Å². The van der Waals surface area contributed by atoms with Gasteiger partial charge in [-0.05, 0) is 55.7 Å². The van der Waals surface area contributed by atoms with Gasteiger partial charge in [0.2, 0.25) is 0 Å². The lowest BCUT2D eigenvalue weighted by Gasteiger charge is -2.32. The first-order valence-electron chi connectivity index (χ1n) is 10.3. The van der Waals surface area contributed by atoms with Gasteiger partial charge in [0.25, 0.3) is 5.91 Å². The molecular formula is C21H29N3O2S. The minimum atomic E-state index is -0.00316. The summed E-state index contributed by atoms with van der Waals surface area (Å²) in [6.45, 7) is 4.94. The normalized spacial score (nSPS) is 36.1. The van der Waals surface area contributed by atoms with E-state index in [9.17, 15) is 4.79 Å². The molecule has 4 saturated heterocycles. The number of amides is 1. The molecule has 0 aliphatic carbocycles. The molecule has 2 bridgehead atoms. The van der Waals surface area contributed by atoms with Crippen molar-refractivity contribution in [1.82, 2.24) is 15.2 Å². The molecule has 1 N–H and O–H groups in total. The molecule has 1 aromatic rings. The zero-order valence-electron chi connectivity index (χ0n) is 16.0. The van der Waals surface area contributed by atoms with Crippen LogP contribution in [-0.4, -0.2) is 64.7 Å². The van der Waals surface area contributed by atoms with Crippen LogP contribution in [0.15, 0.2) is 18.5 Å². The number of rotatable bonds is 4. The summed E-state index contributed by atoms with van der Waals surface area (Å²) in [4.78, 5) is 19.4. The lowest BCUT2D eigenvalue weighted by atomic mass is 9.73. The lowest BCUT2D eigenvalue weighted by Crippen LogP contribution is -2.42. The summed E-state index contributed by atoms with van der Waals surface area (Å²) in [7, 11) is 0. The van der Waals surface area contributed by atoms with E-state index in [0.717, 1.165) is 37.7 Å². The van der Waals surface area contributed by atoms with Crippen molar-refractivity contribution in [2.75, 3.05) is 31.1 Å². The molecule has 5 nitrogen and oxygen atoms in total. The molecule has 1 aromatic heterocycles. The first-order valence-corrected chi connectivity index (χ1v) is 11.5. The highest BCUT2D eigenvalue weighted by Crippen LogP contribution is 2.55. The molecule has 0 radical (unpaired) electrons. The smallest absolute Gasteiger partial charge is 0.253 e. The van der Waals surface area contributed by atoms with Gasteiger partial charge in [0.15, 0.2) is 0 Å². The Morgan fingerprint density at radius 2 is 2.26 bits per heavy atom. The van der Waals surface area contributed by atoms with Crippen molar-refractivity contribution in [3.8, 4) is 0 Å². The Hall–Kier alpha value is -1.11. The summed E-state index contributed by atoms with van der Waals surface area (Å²) >= 11 is 2.09. The van der Waals surface area contributed by atoms with E-state index in [0.29, 0.717) is 23.5 Å². The van der Waals surface area contributed by atoms with Gasteiger partial charge in [0.1, 0.15) is 0 Å². The second-order valence-corrected chi connectivity index (χ2v) is 9.93. The molecule has 4 atom stereocenters. The van der Waals surface area contributed by atoms with E-state index in [2.05, 4.69) is 27.0 Å². The van der Waals surface area contributed by atoms with E-state index in [1.165, 1.54) is 30.8 Å². The summed E-state index contributed by atoms with van der Waals surface area (Å²) in [6.07, 6.45) is 8.72. The highest BCUT2D eigenvalue weighted by Gasteiger charge is 2.63. The number of pyridine rings is 1. The van der Waals surface area contributed by atoms with Crippen LogP contribution >= 0.6 is 11.8 Å². The fraction of sp³-hybridized carbons (Fsp3) is 0.714. The maximum absolute atomic E-state index is 12.6. The SMILES string of the molecule is Cc1ccncc1C(=O)NC[C@H]1[C@H]2CN(C3CCSCC3)C[C@]23CC[C@H]1O3. The molecule has 0 aromatic carbocycles. The molecule has 146 valence electrons. The van der Waals surface area contributed by atoms with Crippen molar-refractivity contribution < 1.29 is 9.53 Å². The number of hydrogen-bond donors (Lipinski definition) is 1. The number of fused-ring (bicyclic) bond motifs is 1. The molecule has 0 saturated carbocycles. The number of ether oxygens (including phenoxy) is 1. The van der Waals surface area contributed by atoms with Gasteiger partial charge in [0, 0.05) is 49.9 Å². The number of carbonyl (C=O) groups is 1. The second kappa shape index (κ2) is 7.05. The van der Waals surface area contributed by atoms with E-state index in [4.69, 9.17) is 4.74 Å². The maximum atomic E-state index is 12.6. The Kier molecular flexibility index (Phi) is 4.69. The fourth-order valence-corrected chi connectivity index (χ4v) is 6.92. The molecule has 27 heavy (non-hydrogen) atoms. The molecule has 4 fully saturated rings. The van der Waals surface area contributed by atoms with Crippen LogP contribution in [0.1, 0.15) is 41.6 Å². The first kappa shape index (κ1) is 18.0. The van der Waals surface area contributed by atoms with Crippen molar-refractivity contribution in [2.45, 2.75) is 50.4 Å². The number of aromatic nitrogens is 1. The number of nitrogens with one attached hydrogen (secondary N) is 1. The highest BCUT2D eigenvalue weighted by atomic mass is 32.2. The zero-order chi connectivity index (χ0) is 18.4. The average molecular weight is 388 g/mol. The topological polar surface area (TPSA) is 54.5 Å². The summed E-state index contributed by atoms with van der Waals surface area (Å²) in [5, 5.41) is 3.19. The molecule has 0 unspecified atom stereocenters. The van der Waals surface area contributed by atoms with Crippen LogP contribution in [0.25, 0.3) is 0 Å². The fourth-order valence-electron chi connectivity index (χ4n) is 5.84. The molecular weight excluding hydrogens is 358 g/mol. The van der Waals surface area contributed by atoms with Gasteiger partial charge in [-0.25, -0.2) is 0 Å².